The van der Waals surface area contributed by atoms with Gasteiger partial charge in [0.25, 0.3) is 0 Å². The Labute approximate surface area is 108 Å². The van der Waals surface area contributed by atoms with Crippen LogP contribution in [0.4, 0.5) is 4.39 Å². The van der Waals surface area contributed by atoms with E-state index in [9.17, 15) is 13.4 Å². The number of carbonyl (C=O) groups is 1. The first-order valence-corrected chi connectivity index (χ1v) is 7.09. The van der Waals surface area contributed by atoms with E-state index in [0.29, 0.717) is 29.9 Å². The highest BCUT2D eigenvalue weighted by Gasteiger charge is 2.08. The van der Waals surface area contributed by atoms with Gasteiger partial charge in [-0.3, -0.25) is 9.00 Å². The lowest BCUT2D eigenvalue weighted by Crippen LogP contribution is -2.02. The Kier molecular flexibility index (Phi) is 5.78. The fraction of sp³-hybridized carbons (Fsp3) is 0.417. The Hall–Kier alpha value is -0.740. The van der Waals surface area contributed by atoms with Crippen LogP contribution in [-0.2, 0) is 15.6 Å². The summed E-state index contributed by atoms with van der Waals surface area (Å²) >= 11 is 5.60. The third-order valence-electron chi connectivity index (χ3n) is 2.33. The molecule has 94 valence electrons. The number of ketones is 1. The molecule has 0 aliphatic carbocycles. The first-order valence-electron chi connectivity index (χ1n) is 5.39. The van der Waals surface area contributed by atoms with Gasteiger partial charge in [0.2, 0.25) is 0 Å². The molecule has 0 saturated carbocycles. The molecule has 1 aromatic rings. The smallest absolute Gasteiger partial charge is 0.141 e. The van der Waals surface area contributed by atoms with E-state index in [1.807, 2.05) is 0 Å². The van der Waals surface area contributed by atoms with E-state index < -0.39 is 16.6 Å². The van der Waals surface area contributed by atoms with Crippen molar-refractivity contribution < 1.29 is 13.4 Å². The lowest BCUT2D eigenvalue weighted by molar-refractivity contribution is -0.118. The third kappa shape index (κ3) is 4.56. The first kappa shape index (κ1) is 14.3. The van der Waals surface area contributed by atoms with Crippen LogP contribution in [0.5, 0.6) is 0 Å². The summed E-state index contributed by atoms with van der Waals surface area (Å²) in [4.78, 5) is 11.6. The Balaban J connectivity index is 2.52. The number of halogens is 2. The Bertz CT molecular complexity index is 435. The minimum Gasteiger partial charge on any atom is -0.300 e. The zero-order valence-electron chi connectivity index (χ0n) is 9.54. The SMILES string of the molecule is CCC(=O)CCCS(=O)c1ccc(F)c(Cl)c1. The van der Waals surface area contributed by atoms with E-state index >= 15 is 0 Å². The molecule has 1 aromatic carbocycles. The van der Waals surface area contributed by atoms with Crippen LogP contribution in [0.3, 0.4) is 0 Å². The van der Waals surface area contributed by atoms with Crippen molar-refractivity contribution in [1.82, 2.24) is 0 Å². The van der Waals surface area contributed by atoms with Crippen LogP contribution in [-0.4, -0.2) is 15.7 Å². The minimum absolute atomic E-state index is 0.0273. The molecule has 0 fully saturated rings. The van der Waals surface area contributed by atoms with E-state index in [4.69, 9.17) is 11.6 Å². The molecule has 0 aliphatic heterocycles. The average molecular weight is 277 g/mol. The van der Waals surface area contributed by atoms with Crippen LogP contribution >= 0.6 is 11.6 Å². The molecule has 1 rings (SSSR count). The van der Waals surface area contributed by atoms with Gasteiger partial charge in [-0.15, -0.1) is 0 Å². The number of carbonyl (C=O) groups excluding carboxylic acids is 1. The largest absolute Gasteiger partial charge is 0.300 e. The van der Waals surface area contributed by atoms with Crippen LogP contribution in [0.2, 0.25) is 5.02 Å². The summed E-state index contributed by atoms with van der Waals surface area (Å²) in [6, 6.07) is 4.03. The predicted octanol–water partition coefficient (Wildman–Crippen LogP) is 3.35. The fourth-order valence-corrected chi connectivity index (χ4v) is 2.67. The highest BCUT2D eigenvalue weighted by Crippen LogP contribution is 2.19. The molecule has 0 aliphatic rings. The second kappa shape index (κ2) is 6.87. The van der Waals surface area contributed by atoms with Crippen molar-refractivity contribution in [2.24, 2.45) is 0 Å². The van der Waals surface area contributed by atoms with Gasteiger partial charge in [0.15, 0.2) is 0 Å². The molecule has 0 spiro atoms. The monoisotopic (exact) mass is 276 g/mol. The second-order valence-electron chi connectivity index (χ2n) is 3.62. The van der Waals surface area contributed by atoms with Crippen molar-refractivity contribution in [2.45, 2.75) is 31.1 Å². The molecule has 1 unspecified atom stereocenters. The second-order valence-corrected chi connectivity index (χ2v) is 5.60. The summed E-state index contributed by atoms with van der Waals surface area (Å²) in [6.07, 6.45) is 1.53. The molecule has 2 nitrogen and oxygen atoms in total. The molecule has 0 aromatic heterocycles. The lowest BCUT2D eigenvalue weighted by Gasteiger charge is -2.03. The molecule has 0 N–H and O–H groups in total. The quantitative estimate of drug-likeness (QED) is 0.798. The van der Waals surface area contributed by atoms with Gasteiger partial charge in [0, 0.05) is 23.5 Å². The average Bonchev–Trinajstić information content (AvgIpc) is 2.32. The van der Waals surface area contributed by atoms with Crippen molar-refractivity contribution in [1.29, 1.82) is 0 Å². The van der Waals surface area contributed by atoms with Crippen molar-refractivity contribution in [3.05, 3.63) is 29.0 Å². The van der Waals surface area contributed by atoms with Gasteiger partial charge >= 0.3 is 0 Å². The van der Waals surface area contributed by atoms with Crippen LogP contribution in [0.1, 0.15) is 26.2 Å². The van der Waals surface area contributed by atoms with Gasteiger partial charge in [-0.25, -0.2) is 4.39 Å². The van der Waals surface area contributed by atoms with Gasteiger partial charge in [-0.2, -0.15) is 0 Å². The number of hydrogen-bond donors (Lipinski definition) is 0. The molecule has 0 saturated heterocycles. The zero-order chi connectivity index (χ0) is 12.8. The van der Waals surface area contributed by atoms with E-state index in [-0.39, 0.29) is 10.8 Å². The van der Waals surface area contributed by atoms with Crippen molar-refractivity contribution in [3.63, 3.8) is 0 Å². The fourth-order valence-electron chi connectivity index (χ4n) is 1.31. The van der Waals surface area contributed by atoms with E-state index in [1.54, 1.807) is 6.92 Å². The Morgan fingerprint density at radius 2 is 2.18 bits per heavy atom. The molecule has 0 radical (unpaired) electrons. The highest BCUT2D eigenvalue weighted by molar-refractivity contribution is 7.85. The molecule has 0 bridgehead atoms. The number of rotatable bonds is 6. The van der Waals surface area contributed by atoms with Crippen molar-refractivity contribution in [2.75, 3.05) is 5.75 Å². The number of hydrogen-bond acceptors (Lipinski definition) is 2. The summed E-state index contributed by atoms with van der Waals surface area (Å²) in [5, 5.41) is -0.0273. The van der Waals surface area contributed by atoms with Crippen LogP contribution in [0.15, 0.2) is 23.1 Å². The van der Waals surface area contributed by atoms with Gasteiger partial charge in [0.05, 0.1) is 15.8 Å². The Morgan fingerprint density at radius 3 is 2.76 bits per heavy atom. The standard InChI is InChI=1S/C12H14ClFO2S/c1-2-9(15)4-3-7-17(16)10-5-6-12(14)11(13)8-10/h5-6,8H,2-4,7H2,1H3. The zero-order valence-corrected chi connectivity index (χ0v) is 11.1. The summed E-state index contributed by atoms with van der Waals surface area (Å²) in [5.74, 6) is 0.0426. The number of Topliss-reactive ketones (excluding diaryl/α,β-unsaturated/α-hetero) is 1. The highest BCUT2D eigenvalue weighted by atomic mass is 35.5. The predicted molar refractivity (Wildman–Crippen MR) is 67.2 cm³/mol. The molecule has 17 heavy (non-hydrogen) atoms. The maximum Gasteiger partial charge on any atom is 0.141 e. The van der Waals surface area contributed by atoms with Gasteiger partial charge in [-0.05, 0) is 24.6 Å². The third-order valence-corrected chi connectivity index (χ3v) is 4.06. The molecule has 0 amide bonds. The topological polar surface area (TPSA) is 34.1 Å². The molecule has 1 atom stereocenters. The molecular formula is C12H14ClFO2S. The van der Waals surface area contributed by atoms with Crippen LogP contribution in [0, 0.1) is 5.82 Å². The lowest BCUT2D eigenvalue weighted by atomic mass is 10.2. The summed E-state index contributed by atoms with van der Waals surface area (Å²) in [7, 11) is -1.22. The van der Waals surface area contributed by atoms with Gasteiger partial charge < -0.3 is 0 Å². The van der Waals surface area contributed by atoms with E-state index in [0.717, 1.165) is 0 Å². The van der Waals surface area contributed by atoms with Crippen molar-refractivity contribution in [3.8, 4) is 0 Å². The summed E-state index contributed by atoms with van der Waals surface area (Å²) in [5.41, 5.74) is 0. The van der Waals surface area contributed by atoms with Crippen molar-refractivity contribution >= 4 is 28.2 Å². The Morgan fingerprint density at radius 1 is 1.47 bits per heavy atom. The molecule has 0 heterocycles. The maximum absolute atomic E-state index is 12.9. The number of benzene rings is 1. The summed E-state index contributed by atoms with van der Waals surface area (Å²) < 4.78 is 24.7. The first-order chi connectivity index (χ1) is 8.04. The summed E-state index contributed by atoms with van der Waals surface area (Å²) in [6.45, 7) is 1.80. The van der Waals surface area contributed by atoms with Crippen LogP contribution < -0.4 is 0 Å². The molecule has 5 heteroatoms. The minimum atomic E-state index is -1.22. The maximum atomic E-state index is 12.9. The van der Waals surface area contributed by atoms with E-state index in [2.05, 4.69) is 0 Å². The van der Waals surface area contributed by atoms with Gasteiger partial charge in [0.1, 0.15) is 11.6 Å². The van der Waals surface area contributed by atoms with E-state index in [1.165, 1.54) is 18.2 Å². The normalized spacial score (nSPS) is 12.4. The van der Waals surface area contributed by atoms with Crippen LogP contribution in [0.25, 0.3) is 0 Å². The van der Waals surface area contributed by atoms with Gasteiger partial charge in [-0.1, -0.05) is 18.5 Å². The molecular weight excluding hydrogens is 263 g/mol.